The van der Waals surface area contributed by atoms with Gasteiger partial charge in [0.05, 0.1) is 4.90 Å². The third-order valence-electron chi connectivity index (χ3n) is 2.30. The molecule has 0 saturated carbocycles. The van der Waals surface area contributed by atoms with Crippen LogP contribution in [-0.2, 0) is 16.6 Å². The summed E-state index contributed by atoms with van der Waals surface area (Å²) in [6.45, 7) is 1.87. The van der Waals surface area contributed by atoms with Crippen LogP contribution in [0.5, 0.6) is 0 Å². The van der Waals surface area contributed by atoms with Crippen LogP contribution in [-0.4, -0.2) is 22.5 Å². The highest BCUT2D eigenvalue weighted by Gasteiger charge is 2.18. The number of rotatable bonds is 4. The Labute approximate surface area is 94.9 Å². The largest absolute Gasteiger partial charge is 0.316 e. The Morgan fingerprint density at radius 1 is 1.31 bits per heavy atom. The molecule has 0 amide bonds. The molecule has 0 heterocycles. The zero-order chi connectivity index (χ0) is 12.3. The topological polar surface area (TPSA) is 58.2 Å². The Morgan fingerprint density at radius 3 is 2.44 bits per heavy atom. The summed E-state index contributed by atoms with van der Waals surface area (Å²) in [7, 11) is -0.595. The lowest BCUT2D eigenvalue weighted by Gasteiger charge is -2.10. The van der Waals surface area contributed by atoms with Crippen LogP contribution in [0.3, 0.4) is 0 Å². The molecule has 0 aliphatic heterocycles. The average molecular weight is 246 g/mol. The first-order valence-corrected chi connectivity index (χ1v) is 6.28. The van der Waals surface area contributed by atoms with E-state index < -0.39 is 15.8 Å². The summed E-state index contributed by atoms with van der Waals surface area (Å²) in [5, 5.41) is 2.85. The van der Waals surface area contributed by atoms with Crippen LogP contribution in [0.1, 0.15) is 11.1 Å². The van der Waals surface area contributed by atoms with Gasteiger partial charge < -0.3 is 5.32 Å². The molecule has 4 nitrogen and oxygen atoms in total. The lowest BCUT2D eigenvalue weighted by Crippen LogP contribution is -2.20. The lowest BCUT2D eigenvalue weighted by molar-refractivity contribution is 0.578. The smallest absolute Gasteiger partial charge is 0.240 e. The van der Waals surface area contributed by atoms with Crippen molar-refractivity contribution in [2.24, 2.45) is 0 Å². The van der Waals surface area contributed by atoms with Crippen LogP contribution in [0, 0.1) is 12.7 Å². The summed E-state index contributed by atoms with van der Waals surface area (Å²) in [5.41, 5.74) is 0.730. The van der Waals surface area contributed by atoms with Crippen LogP contribution >= 0.6 is 0 Å². The molecular formula is C10H15FN2O2S. The van der Waals surface area contributed by atoms with Crippen LogP contribution in [0.25, 0.3) is 0 Å². The number of benzene rings is 1. The van der Waals surface area contributed by atoms with E-state index in [0.717, 1.165) is 0 Å². The molecule has 16 heavy (non-hydrogen) atoms. The van der Waals surface area contributed by atoms with E-state index in [0.29, 0.717) is 12.1 Å². The van der Waals surface area contributed by atoms with E-state index in [1.807, 2.05) is 0 Å². The molecule has 0 aliphatic carbocycles. The molecule has 1 aromatic carbocycles. The van der Waals surface area contributed by atoms with Gasteiger partial charge in [-0.05, 0) is 38.7 Å². The minimum atomic E-state index is -3.61. The molecule has 0 unspecified atom stereocenters. The number of halogens is 1. The van der Waals surface area contributed by atoms with Crippen molar-refractivity contribution >= 4 is 10.0 Å². The molecule has 0 bridgehead atoms. The Bertz CT molecular complexity index is 486. The maximum Gasteiger partial charge on any atom is 0.240 e. The quantitative estimate of drug-likeness (QED) is 0.824. The van der Waals surface area contributed by atoms with Crippen molar-refractivity contribution in [3.63, 3.8) is 0 Å². The molecule has 0 fully saturated rings. The normalized spacial score (nSPS) is 11.8. The average Bonchev–Trinajstić information content (AvgIpc) is 2.23. The van der Waals surface area contributed by atoms with Crippen molar-refractivity contribution in [1.82, 2.24) is 10.0 Å². The Balaban J connectivity index is 3.38. The highest BCUT2D eigenvalue weighted by molar-refractivity contribution is 7.89. The highest BCUT2D eigenvalue weighted by Crippen LogP contribution is 2.20. The van der Waals surface area contributed by atoms with Gasteiger partial charge in [-0.25, -0.2) is 17.5 Å². The zero-order valence-electron chi connectivity index (χ0n) is 9.46. The van der Waals surface area contributed by atoms with Gasteiger partial charge in [0.15, 0.2) is 0 Å². The molecule has 2 N–H and O–H groups in total. The third-order valence-corrected chi connectivity index (χ3v) is 3.84. The van der Waals surface area contributed by atoms with Gasteiger partial charge in [-0.15, -0.1) is 0 Å². The molecule has 0 aliphatic rings. The van der Waals surface area contributed by atoms with E-state index in [2.05, 4.69) is 10.0 Å². The second-order valence-electron chi connectivity index (χ2n) is 3.44. The Morgan fingerprint density at radius 2 is 1.94 bits per heavy atom. The van der Waals surface area contributed by atoms with E-state index in [4.69, 9.17) is 0 Å². The SMILES string of the molecule is CNCc1cc(F)c(C)c(S(=O)(=O)NC)c1. The van der Waals surface area contributed by atoms with Gasteiger partial charge in [0.1, 0.15) is 5.82 Å². The second kappa shape index (κ2) is 4.90. The maximum atomic E-state index is 13.5. The first-order chi connectivity index (χ1) is 7.42. The van der Waals surface area contributed by atoms with E-state index >= 15 is 0 Å². The molecular weight excluding hydrogens is 231 g/mol. The second-order valence-corrected chi connectivity index (χ2v) is 5.29. The van der Waals surface area contributed by atoms with Gasteiger partial charge >= 0.3 is 0 Å². The standard InChI is InChI=1S/C10H15FN2O2S/c1-7-9(11)4-8(6-12-2)5-10(7)16(14,15)13-3/h4-5,12-13H,6H2,1-3H3. The number of hydrogen-bond acceptors (Lipinski definition) is 3. The molecule has 0 radical (unpaired) electrons. The first-order valence-electron chi connectivity index (χ1n) is 4.79. The van der Waals surface area contributed by atoms with Gasteiger partial charge in [-0.1, -0.05) is 0 Å². The fourth-order valence-electron chi connectivity index (χ4n) is 1.40. The molecule has 90 valence electrons. The van der Waals surface area contributed by atoms with Crippen molar-refractivity contribution in [1.29, 1.82) is 0 Å². The van der Waals surface area contributed by atoms with Crippen LogP contribution in [0.2, 0.25) is 0 Å². The Hall–Kier alpha value is -0.980. The molecule has 0 saturated heterocycles. The van der Waals surface area contributed by atoms with Crippen molar-refractivity contribution < 1.29 is 12.8 Å². The fourth-order valence-corrected chi connectivity index (χ4v) is 2.43. The number of nitrogens with one attached hydrogen (secondary N) is 2. The summed E-state index contributed by atoms with van der Waals surface area (Å²) >= 11 is 0. The van der Waals surface area contributed by atoms with Crippen molar-refractivity contribution in [3.8, 4) is 0 Å². The molecule has 6 heteroatoms. The molecule has 0 spiro atoms. The van der Waals surface area contributed by atoms with Gasteiger partial charge in [0.25, 0.3) is 0 Å². The Kier molecular flexibility index (Phi) is 4.01. The van der Waals surface area contributed by atoms with E-state index in [1.165, 1.54) is 26.1 Å². The van der Waals surface area contributed by atoms with Crippen molar-refractivity contribution in [2.45, 2.75) is 18.4 Å². The summed E-state index contributed by atoms with van der Waals surface area (Å²) < 4.78 is 39.0. The summed E-state index contributed by atoms with van der Waals surface area (Å²) in [5.74, 6) is -0.512. The van der Waals surface area contributed by atoms with Gasteiger partial charge in [0, 0.05) is 12.1 Å². The summed E-state index contributed by atoms with van der Waals surface area (Å²) in [4.78, 5) is -0.0137. The zero-order valence-corrected chi connectivity index (χ0v) is 10.3. The van der Waals surface area contributed by atoms with Crippen LogP contribution in [0.4, 0.5) is 4.39 Å². The maximum absolute atomic E-state index is 13.5. The third kappa shape index (κ3) is 2.58. The minimum absolute atomic E-state index is 0.0137. The first kappa shape index (κ1) is 13.1. The summed E-state index contributed by atoms with van der Waals surface area (Å²) in [6, 6.07) is 2.81. The monoisotopic (exact) mass is 246 g/mol. The minimum Gasteiger partial charge on any atom is -0.316 e. The summed E-state index contributed by atoms with van der Waals surface area (Å²) in [6.07, 6.45) is 0. The van der Waals surface area contributed by atoms with E-state index in [-0.39, 0.29) is 10.5 Å². The van der Waals surface area contributed by atoms with Crippen molar-refractivity contribution in [2.75, 3.05) is 14.1 Å². The predicted octanol–water partition coefficient (Wildman–Crippen LogP) is 0.762. The molecule has 1 rings (SSSR count). The molecule has 0 aromatic heterocycles. The molecule has 0 atom stereocenters. The van der Waals surface area contributed by atoms with E-state index in [1.54, 1.807) is 7.05 Å². The van der Waals surface area contributed by atoms with Crippen LogP contribution < -0.4 is 10.0 Å². The van der Waals surface area contributed by atoms with Gasteiger partial charge in [0.2, 0.25) is 10.0 Å². The van der Waals surface area contributed by atoms with Gasteiger partial charge in [-0.2, -0.15) is 0 Å². The van der Waals surface area contributed by atoms with Gasteiger partial charge in [-0.3, -0.25) is 0 Å². The predicted molar refractivity (Wildman–Crippen MR) is 60.1 cm³/mol. The highest BCUT2D eigenvalue weighted by atomic mass is 32.2. The number of sulfonamides is 1. The lowest BCUT2D eigenvalue weighted by atomic mass is 10.1. The van der Waals surface area contributed by atoms with Crippen LogP contribution in [0.15, 0.2) is 17.0 Å². The number of hydrogen-bond donors (Lipinski definition) is 2. The van der Waals surface area contributed by atoms with Crippen molar-refractivity contribution in [3.05, 3.63) is 29.1 Å². The fraction of sp³-hybridized carbons (Fsp3) is 0.400. The van der Waals surface area contributed by atoms with E-state index in [9.17, 15) is 12.8 Å². The molecule has 1 aromatic rings.